The molecule has 3 N–H and O–H groups in total. The highest BCUT2D eigenvalue weighted by molar-refractivity contribution is 7.92. The lowest BCUT2D eigenvalue weighted by Gasteiger charge is -2.16. The van der Waals surface area contributed by atoms with Crippen LogP contribution in [0.2, 0.25) is 0 Å². The van der Waals surface area contributed by atoms with Crippen molar-refractivity contribution in [3.8, 4) is 28.8 Å². The van der Waals surface area contributed by atoms with Gasteiger partial charge in [0.05, 0.1) is 41.0 Å². The summed E-state index contributed by atoms with van der Waals surface area (Å²) in [5.41, 5.74) is 3.14. The summed E-state index contributed by atoms with van der Waals surface area (Å²) < 4.78 is 72.9. The molecule has 0 saturated heterocycles. The van der Waals surface area contributed by atoms with Gasteiger partial charge in [0, 0.05) is 29.4 Å². The van der Waals surface area contributed by atoms with Crippen LogP contribution in [-0.2, 0) is 14.8 Å². The first-order valence-electron chi connectivity index (χ1n) is 12.5. The summed E-state index contributed by atoms with van der Waals surface area (Å²) in [6, 6.07) is 14.8. The number of benzene rings is 2. The lowest BCUT2D eigenvalue weighted by atomic mass is 10.0. The van der Waals surface area contributed by atoms with Crippen LogP contribution in [-0.4, -0.2) is 57.2 Å². The highest BCUT2D eigenvalue weighted by atomic mass is 32.2. The molecule has 1 unspecified atom stereocenters. The number of anilines is 1. The number of fused-ring (bicyclic) bond motifs is 2. The number of halogens is 3. The van der Waals surface area contributed by atoms with E-state index in [1.807, 2.05) is 6.07 Å². The summed E-state index contributed by atoms with van der Waals surface area (Å²) in [4.78, 5) is 20.6. The topological polar surface area (TPSA) is 185 Å². The van der Waals surface area contributed by atoms with Crippen molar-refractivity contribution in [3.05, 3.63) is 79.0 Å². The van der Waals surface area contributed by atoms with Gasteiger partial charge in [-0.1, -0.05) is 12.1 Å². The van der Waals surface area contributed by atoms with Gasteiger partial charge in [0.2, 0.25) is 6.79 Å². The van der Waals surface area contributed by atoms with Crippen LogP contribution in [0.1, 0.15) is 18.0 Å². The molecule has 4 heterocycles. The van der Waals surface area contributed by atoms with Gasteiger partial charge in [-0.3, -0.25) is 9.40 Å². The maximum atomic E-state index is 13.2. The number of ether oxygens (including phenoxy) is 2. The van der Waals surface area contributed by atoms with E-state index >= 15 is 0 Å². The Morgan fingerprint density at radius 2 is 1.93 bits per heavy atom. The largest absolute Gasteiger partial charge is 0.490 e. The van der Waals surface area contributed by atoms with E-state index in [0.29, 0.717) is 34.1 Å². The molecule has 1 atom stereocenters. The molecule has 6 rings (SSSR count). The minimum Gasteiger partial charge on any atom is -0.475 e. The summed E-state index contributed by atoms with van der Waals surface area (Å²) in [6.45, 7) is 0.0935. The SMILES string of the molecule is N#CCC(c1cccc(S(=O)(=O)Nc2ccc3c(c2)OCO3)c1)n1cc(-c2ncnc3[nH]ccc23)cn1.O=C(O)C(F)(F)F. The number of hydrogen-bond donors (Lipinski definition) is 3. The molecule has 1 aliphatic rings. The van der Waals surface area contributed by atoms with Gasteiger partial charge in [0.15, 0.2) is 11.5 Å². The molecule has 5 aromatic rings. The Labute approximate surface area is 246 Å². The first-order chi connectivity index (χ1) is 21.0. The van der Waals surface area contributed by atoms with Gasteiger partial charge in [-0.15, -0.1) is 0 Å². The fourth-order valence-electron chi connectivity index (χ4n) is 4.25. The molecular weight excluding hydrogens is 607 g/mol. The molecular formula is C27H20F3N7O6S. The third-order valence-electron chi connectivity index (χ3n) is 6.25. The molecule has 2 aromatic carbocycles. The van der Waals surface area contributed by atoms with Crippen LogP contribution < -0.4 is 14.2 Å². The smallest absolute Gasteiger partial charge is 0.475 e. The number of nitriles is 1. The number of H-pyrrole nitrogens is 1. The highest BCUT2D eigenvalue weighted by Gasteiger charge is 2.38. The number of sulfonamides is 1. The zero-order valence-electron chi connectivity index (χ0n) is 22.2. The van der Waals surface area contributed by atoms with Crippen molar-refractivity contribution in [2.24, 2.45) is 0 Å². The van der Waals surface area contributed by atoms with E-state index < -0.39 is 28.2 Å². The van der Waals surface area contributed by atoms with Crippen LogP contribution in [0.25, 0.3) is 22.3 Å². The molecule has 0 fully saturated rings. The van der Waals surface area contributed by atoms with Crippen LogP contribution in [0.5, 0.6) is 11.5 Å². The van der Waals surface area contributed by atoms with Crippen LogP contribution in [0.15, 0.2) is 78.3 Å². The lowest BCUT2D eigenvalue weighted by Crippen LogP contribution is -2.21. The van der Waals surface area contributed by atoms with Crippen LogP contribution in [0.3, 0.4) is 0 Å². The van der Waals surface area contributed by atoms with Crippen molar-refractivity contribution < 1.29 is 41.0 Å². The Balaban J connectivity index is 0.000000493. The van der Waals surface area contributed by atoms with E-state index in [0.717, 1.165) is 10.9 Å². The number of aliphatic carboxylic acids is 1. The molecule has 1 aliphatic heterocycles. The molecule has 0 bridgehead atoms. The molecule has 13 nitrogen and oxygen atoms in total. The van der Waals surface area contributed by atoms with Gasteiger partial charge in [-0.05, 0) is 35.9 Å². The maximum absolute atomic E-state index is 13.2. The summed E-state index contributed by atoms with van der Waals surface area (Å²) in [7, 11) is -3.92. The minimum atomic E-state index is -5.08. The zero-order valence-corrected chi connectivity index (χ0v) is 23.0. The van der Waals surface area contributed by atoms with Crippen molar-refractivity contribution in [1.82, 2.24) is 24.7 Å². The molecule has 0 amide bonds. The number of hydrogen-bond acceptors (Lipinski definition) is 9. The van der Waals surface area contributed by atoms with Gasteiger partial charge in [-0.2, -0.15) is 23.5 Å². The second-order valence-electron chi connectivity index (χ2n) is 9.10. The van der Waals surface area contributed by atoms with Gasteiger partial charge in [0.1, 0.15) is 12.0 Å². The number of aromatic nitrogens is 5. The Hall–Kier alpha value is -5.63. The number of alkyl halides is 3. The Morgan fingerprint density at radius 3 is 2.68 bits per heavy atom. The first kappa shape index (κ1) is 29.8. The number of nitrogens with one attached hydrogen (secondary N) is 2. The van der Waals surface area contributed by atoms with Gasteiger partial charge < -0.3 is 19.6 Å². The number of carboxylic acid groups (broad SMARTS) is 1. The highest BCUT2D eigenvalue weighted by Crippen LogP contribution is 2.35. The van der Waals surface area contributed by atoms with E-state index in [1.165, 1.54) is 12.4 Å². The molecule has 0 radical (unpaired) electrons. The third-order valence-corrected chi connectivity index (χ3v) is 7.63. The van der Waals surface area contributed by atoms with E-state index in [1.54, 1.807) is 59.7 Å². The quantitative estimate of drug-likeness (QED) is 0.232. The normalized spacial score (nSPS) is 13.0. The summed E-state index contributed by atoms with van der Waals surface area (Å²) in [5, 5.41) is 22.0. The number of carboxylic acids is 1. The maximum Gasteiger partial charge on any atom is 0.490 e. The number of rotatable bonds is 7. The number of nitrogens with zero attached hydrogens (tertiary/aromatic N) is 5. The summed E-state index contributed by atoms with van der Waals surface area (Å²) in [6.07, 6.45) is 1.72. The number of carbonyl (C=O) groups is 1. The predicted octanol–water partition coefficient (Wildman–Crippen LogP) is 4.49. The van der Waals surface area contributed by atoms with Crippen molar-refractivity contribution in [1.29, 1.82) is 5.26 Å². The average molecular weight is 628 g/mol. The number of aromatic amines is 1. The van der Waals surface area contributed by atoms with Crippen molar-refractivity contribution in [3.63, 3.8) is 0 Å². The summed E-state index contributed by atoms with van der Waals surface area (Å²) >= 11 is 0. The second-order valence-corrected chi connectivity index (χ2v) is 10.8. The van der Waals surface area contributed by atoms with E-state index in [2.05, 4.69) is 30.8 Å². The van der Waals surface area contributed by atoms with Crippen molar-refractivity contribution in [2.45, 2.75) is 23.5 Å². The van der Waals surface area contributed by atoms with Gasteiger partial charge in [0.25, 0.3) is 10.0 Å². The average Bonchev–Trinajstić information content (AvgIpc) is 3.76. The van der Waals surface area contributed by atoms with E-state index in [-0.39, 0.29) is 18.1 Å². The predicted molar refractivity (Wildman–Crippen MR) is 147 cm³/mol. The van der Waals surface area contributed by atoms with Crippen LogP contribution in [0, 0.1) is 11.3 Å². The van der Waals surface area contributed by atoms with Crippen LogP contribution >= 0.6 is 0 Å². The lowest BCUT2D eigenvalue weighted by molar-refractivity contribution is -0.192. The molecule has 0 aliphatic carbocycles. The van der Waals surface area contributed by atoms with Crippen molar-refractivity contribution in [2.75, 3.05) is 11.5 Å². The minimum absolute atomic E-state index is 0.0582. The Morgan fingerprint density at radius 1 is 1.16 bits per heavy atom. The van der Waals surface area contributed by atoms with Crippen molar-refractivity contribution >= 4 is 32.7 Å². The molecule has 44 heavy (non-hydrogen) atoms. The molecule has 0 spiro atoms. The third kappa shape index (κ3) is 6.39. The van der Waals surface area contributed by atoms with E-state index in [9.17, 15) is 26.9 Å². The second kappa shape index (κ2) is 11.9. The Bertz CT molecular complexity index is 1990. The molecule has 3 aromatic heterocycles. The monoisotopic (exact) mass is 627 g/mol. The fourth-order valence-corrected chi connectivity index (χ4v) is 5.35. The standard InChI is InChI=1S/C25H19N7O4S.C2HF3O2/c26-8-6-21(32-13-17(12-30-32)24-20-7-9-27-25(20)29-14-28-24)16-2-1-3-19(10-16)37(33,34)31-18-4-5-22-23(11-18)36-15-35-22;3-2(4,5)1(6)7/h1-5,7,9-14,21,31H,6,15H2,(H,27,28,29);(H,6,7). The van der Waals surface area contributed by atoms with Crippen LogP contribution in [0.4, 0.5) is 18.9 Å². The fraction of sp³-hybridized carbons (Fsp3) is 0.148. The Kier molecular flexibility index (Phi) is 8.09. The molecule has 17 heteroatoms. The molecule has 0 saturated carbocycles. The van der Waals surface area contributed by atoms with E-state index in [4.69, 9.17) is 19.4 Å². The first-order valence-corrected chi connectivity index (χ1v) is 14.0. The van der Waals surface area contributed by atoms with Gasteiger partial charge >= 0.3 is 12.1 Å². The summed E-state index contributed by atoms with van der Waals surface area (Å²) in [5.74, 6) is -1.73. The molecule has 226 valence electrons. The van der Waals surface area contributed by atoms with Gasteiger partial charge in [-0.25, -0.2) is 23.2 Å². The zero-order chi connectivity index (χ0) is 31.5.